The first-order valence-electron chi connectivity index (χ1n) is 4.43. The molecule has 70 valence electrons. The van der Waals surface area contributed by atoms with Gasteiger partial charge in [-0.2, -0.15) is 0 Å². The summed E-state index contributed by atoms with van der Waals surface area (Å²) in [6.07, 6.45) is 4.73. The van der Waals surface area contributed by atoms with E-state index in [9.17, 15) is 4.79 Å². The summed E-state index contributed by atoms with van der Waals surface area (Å²) in [5.41, 5.74) is -0.0199. The first-order valence-corrected chi connectivity index (χ1v) is 4.43. The lowest BCUT2D eigenvalue weighted by Crippen LogP contribution is -2.33. The molecular formula is C10H12O3. The van der Waals surface area contributed by atoms with Crippen molar-refractivity contribution in [3.05, 3.63) is 24.2 Å². The van der Waals surface area contributed by atoms with Gasteiger partial charge in [0.1, 0.15) is 11.9 Å². The first-order chi connectivity index (χ1) is 6.22. The number of carbonyl (C=O) groups is 1. The normalized spacial score (nSPS) is 27.8. The number of carbonyl (C=O) groups excluding carboxylic acids is 1. The number of Topliss-reactive ketones (excluding diaryl/α,β-unsaturated/α-hetero) is 1. The van der Waals surface area contributed by atoms with E-state index in [1.165, 1.54) is 12.5 Å². The van der Waals surface area contributed by atoms with E-state index < -0.39 is 5.60 Å². The number of ketones is 1. The fourth-order valence-corrected chi connectivity index (χ4v) is 1.66. The van der Waals surface area contributed by atoms with E-state index in [4.69, 9.17) is 9.15 Å². The van der Waals surface area contributed by atoms with Crippen LogP contribution in [0.15, 0.2) is 23.0 Å². The monoisotopic (exact) mass is 180 g/mol. The van der Waals surface area contributed by atoms with Crippen LogP contribution in [-0.4, -0.2) is 18.0 Å². The Hall–Kier alpha value is -1.09. The van der Waals surface area contributed by atoms with E-state index in [-0.39, 0.29) is 5.78 Å². The molecule has 1 aliphatic heterocycles. The average molecular weight is 180 g/mol. The summed E-state index contributed by atoms with van der Waals surface area (Å²) in [6.45, 7) is 2.52. The van der Waals surface area contributed by atoms with Gasteiger partial charge in [-0.25, -0.2) is 0 Å². The summed E-state index contributed by atoms with van der Waals surface area (Å²) in [4.78, 5) is 11.8. The summed E-state index contributed by atoms with van der Waals surface area (Å²) in [5.74, 6) is 0.0266. The molecule has 2 heterocycles. The van der Waals surface area contributed by atoms with Crippen LogP contribution in [0.5, 0.6) is 0 Å². The number of hydrogen-bond acceptors (Lipinski definition) is 3. The Morgan fingerprint density at radius 3 is 3.00 bits per heavy atom. The molecule has 1 aromatic heterocycles. The zero-order chi connectivity index (χ0) is 9.31. The maximum absolute atomic E-state index is 11.8. The van der Waals surface area contributed by atoms with Crippen molar-refractivity contribution in [2.45, 2.75) is 25.4 Å². The highest BCUT2D eigenvalue weighted by atomic mass is 16.5. The first kappa shape index (κ1) is 8.51. The van der Waals surface area contributed by atoms with Crippen molar-refractivity contribution in [1.82, 2.24) is 0 Å². The highest BCUT2D eigenvalue weighted by Crippen LogP contribution is 2.28. The summed E-state index contributed by atoms with van der Waals surface area (Å²) in [6, 6.07) is 1.68. The second-order valence-corrected chi connectivity index (χ2v) is 3.52. The minimum absolute atomic E-state index is 0.0266. The molecule has 1 atom stereocenters. The molecule has 13 heavy (non-hydrogen) atoms. The zero-order valence-electron chi connectivity index (χ0n) is 7.58. The Balaban J connectivity index is 2.21. The van der Waals surface area contributed by atoms with E-state index in [0.29, 0.717) is 12.2 Å². The lowest BCUT2D eigenvalue weighted by Gasteiger charge is -2.20. The second kappa shape index (κ2) is 3.00. The topological polar surface area (TPSA) is 39.4 Å². The van der Waals surface area contributed by atoms with Crippen molar-refractivity contribution in [1.29, 1.82) is 0 Å². The Labute approximate surface area is 76.7 Å². The van der Waals surface area contributed by atoms with Crippen LogP contribution in [0.4, 0.5) is 0 Å². The Bertz CT molecular complexity index is 294. The van der Waals surface area contributed by atoms with Crippen LogP contribution < -0.4 is 0 Å². The van der Waals surface area contributed by atoms with Crippen LogP contribution in [0.3, 0.4) is 0 Å². The molecule has 0 aliphatic carbocycles. The molecule has 1 saturated heterocycles. The molecule has 0 amide bonds. The SMILES string of the molecule is CC1(C(=O)c2ccoc2)CCCO1. The minimum Gasteiger partial charge on any atom is -0.472 e. The van der Waals surface area contributed by atoms with Gasteiger partial charge in [-0.15, -0.1) is 0 Å². The lowest BCUT2D eigenvalue weighted by atomic mass is 9.93. The predicted octanol–water partition coefficient (Wildman–Crippen LogP) is 2.03. The lowest BCUT2D eigenvalue weighted by molar-refractivity contribution is 0.0213. The van der Waals surface area contributed by atoms with Gasteiger partial charge in [0, 0.05) is 6.61 Å². The number of hydrogen-bond donors (Lipinski definition) is 0. The summed E-state index contributed by atoms with van der Waals surface area (Å²) >= 11 is 0. The second-order valence-electron chi connectivity index (χ2n) is 3.52. The molecule has 1 aliphatic rings. The molecule has 3 heteroatoms. The molecule has 0 saturated carbocycles. The van der Waals surface area contributed by atoms with Gasteiger partial charge in [-0.1, -0.05) is 0 Å². The molecule has 0 aromatic carbocycles. The van der Waals surface area contributed by atoms with E-state index in [1.807, 2.05) is 6.92 Å². The van der Waals surface area contributed by atoms with Crippen LogP contribution in [0, 0.1) is 0 Å². The van der Waals surface area contributed by atoms with Gasteiger partial charge < -0.3 is 9.15 Å². The van der Waals surface area contributed by atoms with Crippen LogP contribution in [-0.2, 0) is 4.74 Å². The van der Waals surface area contributed by atoms with Crippen LogP contribution >= 0.6 is 0 Å². The smallest absolute Gasteiger partial charge is 0.197 e. The summed E-state index contributed by atoms with van der Waals surface area (Å²) in [7, 11) is 0. The molecule has 3 nitrogen and oxygen atoms in total. The van der Waals surface area contributed by atoms with E-state index in [1.54, 1.807) is 6.07 Å². The van der Waals surface area contributed by atoms with E-state index in [0.717, 1.165) is 12.8 Å². The van der Waals surface area contributed by atoms with E-state index >= 15 is 0 Å². The molecule has 0 radical (unpaired) electrons. The van der Waals surface area contributed by atoms with Gasteiger partial charge in [0.05, 0.1) is 11.8 Å². The van der Waals surface area contributed by atoms with Crippen LogP contribution in [0.25, 0.3) is 0 Å². The minimum atomic E-state index is -0.621. The fraction of sp³-hybridized carbons (Fsp3) is 0.500. The maximum Gasteiger partial charge on any atom is 0.197 e. The zero-order valence-corrected chi connectivity index (χ0v) is 7.58. The van der Waals surface area contributed by atoms with Gasteiger partial charge in [0.15, 0.2) is 5.78 Å². The summed E-state index contributed by atoms with van der Waals surface area (Å²) < 4.78 is 10.3. The van der Waals surface area contributed by atoms with Gasteiger partial charge in [-0.05, 0) is 25.8 Å². The van der Waals surface area contributed by atoms with Crippen molar-refractivity contribution in [3.63, 3.8) is 0 Å². The summed E-state index contributed by atoms with van der Waals surface area (Å²) in [5, 5.41) is 0. The molecule has 1 aromatic rings. The fourth-order valence-electron chi connectivity index (χ4n) is 1.66. The third kappa shape index (κ3) is 1.40. The van der Waals surface area contributed by atoms with Gasteiger partial charge >= 0.3 is 0 Å². The van der Waals surface area contributed by atoms with Crippen LogP contribution in [0.1, 0.15) is 30.1 Å². The highest BCUT2D eigenvalue weighted by Gasteiger charge is 2.38. The van der Waals surface area contributed by atoms with Gasteiger partial charge in [0.25, 0.3) is 0 Å². The standard InChI is InChI=1S/C10H12O3/c1-10(4-2-5-13-10)9(11)8-3-6-12-7-8/h3,6-7H,2,4-5H2,1H3. The molecule has 0 bridgehead atoms. The molecule has 0 spiro atoms. The third-order valence-corrected chi connectivity index (χ3v) is 2.48. The van der Waals surface area contributed by atoms with Crippen molar-refractivity contribution >= 4 is 5.78 Å². The van der Waals surface area contributed by atoms with E-state index in [2.05, 4.69) is 0 Å². The Kier molecular flexibility index (Phi) is 1.96. The molecular weight excluding hydrogens is 168 g/mol. The van der Waals surface area contributed by atoms with Crippen molar-refractivity contribution < 1.29 is 13.9 Å². The largest absolute Gasteiger partial charge is 0.472 e. The molecule has 2 rings (SSSR count). The third-order valence-electron chi connectivity index (χ3n) is 2.48. The van der Waals surface area contributed by atoms with Crippen molar-refractivity contribution in [2.75, 3.05) is 6.61 Å². The Morgan fingerprint density at radius 2 is 2.46 bits per heavy atom. The molecule has 1 unspecified atom stereocenters. The average Bonchev–Trinajstić information content (AvgIpc) is 2.73. The van der Waals surface area contributed by atoms with Crippen LogP contribution in [0.2, 0.25) is 0 Å². The quantitative estimate of drug-likeness (QED) is 0.654. The highest BCUT2D eigenvalue weighted by molar-refractivity contribution is 6.02. The Morgan fingerprint density at radius 1 is 1.62 bits per heavy atom. The predicted molar refractivity (Wildman–Crippen MR) is 46.6 cm³/mol. The van der Waals surface area contributed by atoms with Gasteiger partial charge in [-0.3, -0.25) is 4.79 Å². The number of furan rings is 1. The number of rotatable bonds is 2. The van der Waals surface area contributed by atoms with Crippen molar-refractivity contribution in [2.24, 2.45) is 0 Å². The molecule has 1 fully saturated rings. The van der Waals surface area contributed by atoms with Crippen molar-refractivity contribution in [3.8, 4) is 0 Å². The maximum atomic E-state index is 11.8. The van der Waals surface area contributed by atoms with Gasteiger partial charge in [0.2, 0.25) is 0 Å². The number of ether oxygens (including phenoxy) is 1. The molecule has 0 N–H and O–H groups in total.